The highest BCUT2D eigenvalue weighted by Gasteiger charge is 2.24. The summed E-state index contributed by atoms with van der Waals surface area (Å²) in [5.74, 6) is -0.390. The molecule has 1 amide bonds. The second kappa shape index (κ2) is 8.71. The molecule has 1 N–H and O–H groups in total. The Bertz CT molecular complexity index is 1000. The second-order valence-electron chi connectivity index (χ2n) is 5.65. The molecule has 0 aliphatic carbocycles. The molecule has 0 spiro atoms. The van der Waals surface area contributed by atoms with Crippen molar-refractivity contribution >= 4 is 44.7 Å². The minimum Gasteiger partial charge on any atom is -0.324 e. The van der Waals surface area contributed by atoms with Gasteiger partial charge in [-0.1, -0.05) is 48.2 Å². The van der Waals surface area contributed by atoms with Crippen LogP contribution in [-0.4, -0.2) is 32.2 Å². The Morgan fingerprint density at radius 1 is 1.04 bits per heavy atom. The van der Waals surface area contributed by atoms with Gasteiger partial charge in [0.05, 0.1) is 12.2 Å². The van der Waals surface area contributed by atoms with Crippen LogP contribution in [0.25, 0.3) is 0 Å². The van der Waals surface area contributed by atoms with Crippen LogP contribution in [0.5, 0.6) is 0 Å². The molecule has 0 aliphatic rings. The molecule has 140 valence electrons. The van der Waals surface area contributed by atoms with E-state index in [4.69, 9.17) is 0 Å². The Balaban J connectivity index is 1.70. The molecule has 0 atom stereocenters. The summed E-state index contributed by atoms with van der Waals surface area (Å²) in [5.41, 5.74) is 0.651. The van der Waals surface area contributed by atoms with E-state index in [1.54, 1.807) is 17.5 Å². The van der Waals surface area contributed by atoms with Gasteiger partial charge in [-0.2, -0.15) is 4.31 Å². The molecule has 27 heavy (non-hydrogen) atoms. The van der Waals surface area contributed by atoms with Crippen LogP contribution in [0.3, 0.4) is 0 Å². The largest absolute Gasteiger partial charge is 0.324 e. The van der Waals surface area contributed by atoms with E-state index in [1.807, 2.05) is 48.5 Å². The zero-order valence-electron chi connectivity index (χ0n) is 14.5. The van der Waals surface area contributed by atoms with Crippen molar-refractivity contribution in [2.75, 3.05) is 18.9 Å². The number of thiophene rings is 1. The van der Waals surface area contributed by atoms with Crippen molar-refractivity contribution in [1.29, 1.82) is 0 Å². The van der Waals surface area contributed by atoms with Gasteiger partial charge >= 0.3 is 0 Å². The lowest BCUT2D eigenvalue weighted by Crippen LogP contribution is -2.34. The maximum atomic E-state index is 12.4. The fourth-order valence-corrected chi connectivity index (χ4v) is 5.57. The summed E-state index contributed by atoms with van der Waals surface area (Å²) in [6.07, 6.45) is 0. The fraction of sp³-hybridized carbons (Fsp3) is 0.105. The van der Waals surface area contributed by atoms with Crippen LogP contribution in [0.4, 0.5) is 5.69 Å². The van der Waals surface area contributed by atoms with Crippen molar-refractivity contribution < 1.29 is 13.2 Å². The summed E-state index contributed by atoms with van der Waals surface area (Å²) in [6, 6.07) is 20.5. The number of nitrogens with zero attached hydrogens (tertiary/aromatic N) is 1. The summed E-state index contributed by atoms with van der Waals surface area (Å²) in [7, 11) is -2.25. The minimum atomic E-state index is -3.66. The third-order valence-electron chi connectivity index (χ3n) is 3.66. The topological polar surface area (TPSA) is 66.5 Å². The van der Waals surface area contributed by atoms with Crippen LogP contribution in [0.15, 0.2) is 86.1 Å². The van der Waals surface area contributed by atoms with Gasteiger partial charge in [0.15, 0.2) is 0 Å². The maximum Gasteiger partial charge on any atom is 0.252 e. The predicted octanol–water partition coefficient (Wildman–Crippen LogP) is 4.16. The molecular formula is C19H18N2O3S3. The van der Waals surface area contributed by atoms with E-state index < -0.39 is 15.9 Å². The van der Waals surface area contributed by atoms with Crippen LogP contribution < -0.4 is 5.32 Å². The number of hydrogen-bond donors (Lipinski definition) is 1. The molecule has 3 aromatic rings. The Morgan fingerprint density at radius 3 is 2.44 bits per heavy atom. The van der Waals surface area contributed by atoms with Crippen molar-refractivity contribution in [3.8, 4) is 0 Å². The van der Waals surface area contributed by atoms with Crippen LogP contribution in [0.1, 0.15) is 0 Å². The number of hydrogen-bond acceptors (Lipinski definition) is 5. The summed E-state index contributed by atoms with van der Waals surface area (Å²) in [6.45, 7) is -0.259. The highest BCUT2D eigenvalue weighted by Crippen LogP contribution is 2.33. The highest BCUT2D eigenvalue weighted by molar-refractivity contribution is 7.99. The second-order valence-corrected chi connectivity index (χ2v) is 9.99. The SMILES string of the molecule is CN(CC(=O)Nc1ccccc1Sc1ccccc1)S(=O)(=O)c1cccs1. The van der Waals surface area contributed by atoms with Gasteiger partial charge in [-0.15, -0.1) is 11.3 Å². The van der Waals surface area contributed by atoms with Crippen LogP contribution in [0.2, 0.25) is 0 Å². The molecule has 3 rings (SSSR count). The van der Waals surface area contributed by atoms with Crippen LogP contribution in [-0.2, 0) is 14.8 Å². The number of sulfonamides is 1. The fourth-order valence-electron chi connectivity index (χ4n) is 2.32. The van der Waals surface area contributed by atoms with Gasteiger partial charge in [-0.05, 0) is 35.7 Å². The summed E-state index contributed by atoms with van der Waals surface area (Å²) in [4.78, 5) is 14.4. The lowest BCUT2D eigenvalue weighted by molar-refractivity contribution is -0.116. The first-order valence-corrected chi connectivity index (χ1v) is 11.2. The van der Waals surface area contributed by atoms with Crippen molar-refractivity contribution in [2.24, 2.45) is 0 Å². The monoisotopic (exact) mass is 418 g/mol. The van der Waals surface area contributed by atoms with E-state index in [9.17, 15) is 13.2 Å². The van der Waals surface area contributed by atoms with Gasteiger partial charge in [0.25, 0.3) is 10.0 Å². The molecule has 1 aromatic heterocycles. The van der Waals surface area contributed by atoms with E-state index in [1.165, 1.54) is 24.9 Å². The number of likely N-dealkylation sites (N-methyl/N-ethyl adjacent to an activating group) is 1. The smallest absolute Gasteiger partial charge is 0.252 e. The van der Waals surface area contributed by atoms with E-state index in [0.717, 1.165) is 25.4 Å². The molecule has 0 saturated heterocycles. The summed E-state index contributed by atoms with van der Waals surface area (Å²) in [5, 5.41) is 4.51. The molecule has 0 saturated carbocycles. The molecule has 2 aromatic carbocycles. The predicted molar refractivity (Wildman–Crippen MR) is 110 cm³/mol. The van der Waals surface area contributed by atoms with Gasteiger partial charge in [-0.3, -0.25) is 4.79 Å². The number of carbonyl (C=O) groups excluding carboxylic acids is 1. The van der Waals surface area contributed by atoms with Crippen molar-refractivity contribution in [1.82, 2.24) is 4.31 Å². The van der Waals surface area contributed by atoms with Crippen LogP contribution >= 0.6 is 23.1 Å². The molecule has 0 fully saturated rings. The number of benzene rings is 2. The first-order valence-electron chi connectivity index (χ1n) is 8.08. The van der Waals surface area contributed by atoms with Gasteiger partial charge in [-0.25, -0.2) is 8.42 Å². The standard InChI is InChI=1S/C19H18N2O3S3/c1-21(27(23,24)19-12-7-13-25-19)14-18(22)20-16-10-5-6-11-17(16)26-15-8-3-2-4-9-15/h2-13H,14H2,1H3,(H,20,22). The van der Waals surface area contributed by atoms with Gasteiger partial charge in [0.2, 0.25) is 5.91 Å². The number of anilines is 1. The Morgan fingerprint density at radius 2 is 1.74 bits per heavy atom. The average molecular weight is 419 g/mol. The Labute approximate surface area is 167 Å². The molecular weight excluding hydrogens is 400 g/mol. The lowest BCUT2D eigenvalue weighted by atomic mass is 10.3. The van der Waals surface area contributed by atoms with Crippen molar-refractivity contribution in [3.63, 3.8) is 0 Å². The lowest BCUT2D eigenvalue weighted by Gasteiger charge is -2.16. The summed E-state index contributed by atoms with van der Waals surface area (Å²) >= 11 is 2.66. The van der Waals surface area contributed by atoms with Crippen molar-refractivity contribution in [2.45, 2.75) is 14.0 Å². The number of nitrogens with one attached hydrogen (secondary N) is 1. The van der Waals surface area contributed by atoms with E-state index >= 15 is 0 Å². The zero-order chi connectivity index (χ0) is 19.3. The number of amides is 1. The number of carbonyl (C=O) groups is 1. The third kappa shape index (κ3) is 4.98. The Hall–Kier alpha value is -2.13. The quantitative estimate of drug-likeness (QED) is 0.626. The molecule has 5 nitrogen and oxygen atoms in total. The van der Waals surface area contributed by atoms with E-state index in [2.05, 4.69) is 5.32 Å². The first-order chi connectivity index (χ1) is 13.0. The molecule has 0 radical (unpaired) electrons. The minimum absolute atomic E-state index is 0.220. The average Bonchev–Trinajstić information content (AvgIpc) is 3.19. The van der Waals surface area contributed by atoms with Crippen LogP contribution in [0, 0.1) is 0 Å². The third-order valence-corrected chi connectivity index (χ3v) is 7.92. The first kappa shape index (κ1) is 19.6. The molecule has 0 unspecified atom stereocenters. The molecule has 0 aliphatic heterocycles. The normalized spacial score (nSPS) is 11.5. The molecule has 8 heteroatoms. The van der Waals surface area contributed by atoms with Crippen molar-refractivity contribution in [3.05, 3.63) is 72.1 Å². The number of rotatable bonds is 7. The van der Waals surface area contributed by atoms with E-state index in [-0.39, 0.29) is 10.8 Å². The van der Waals surface area contributed by atoms with E-state index in [0.29, 0.717) is 5.69 Å². The zero-order valence-corrected chi connectivity index (χ0v) is 17.0. The van der Waals surface area contributed by atoms with Gasteiger partial charge < -0.3 is 5.32 Å². The number of para-hydroxylation sites is 1. The maximum absolute atomic E-state index is 12.4. The summed E-state index contributed by atoms with van der Waals surface area (Å²) < 4.78 is 26.2. The van der Waals surface area contributed by atoms with Gasteiger partial charge in [0, 0.05) is 16.8 Å². The molecule has 1 heterocycles. The Kier molecular flexibility index (Phi) is 6.33. The van der Waals surface area contributed by atoms with Gasteiger partial charge in [0.1, 0.15) is 4.21 Å². The highest BCUT2D eigenvalue weighted by atomic mass is 32.2. The molecule has 0 bridgehead atoms.